The topological polar surface area (TPSA) is 48.0 Å². The Bertz CT molecular complexity index is 1070. The fraction of sp³-hybridized carbons (Fsp3) is 0.407. The fourth-order valence-electron chi connectivity index (χ4n) is 3.55. The Hall–Kier alpha value is -2.22. The van der Waals surface area contributed by atoms with Crippen LogP contribution in [0.2, 0.25) is 5.02 Å². The van der Waals surface area contributed by atoms with Crippen LogP contribution in [0.5, 0.6) is 17.2 Å². The van der Waals surface area contributed by atoms with Crippen molar-refractivity contribution in [3.8, 4) is 17.2 Å². The number of rotatable bonds is 12. The van der Waals surface area contributed by atoms with Gasteiger partial charge in [0.1, 0.15) is 10.1 Å². The van der Waals surface area contributed by atoms with Gasteiger partial charge in [0.2, 0.25) is 0 Å². The summed E-state index contributed by atoms with van der Waals surface area (Å²) in [5.41, 5.74) is 2.08. The summed E-state index contributed by atoms with van der Waals surface area (Å²) in [6.45, 7) is 10.2. The van der Waals surface area contributed by atoms with Gasteiger partial charge >= 0.3 is 0 Å². The molecule has 2 aromatic rings. The summed E-state index contributed by atoms with van der Waals surface area (Å²) in [7, 11) is 0. The molecular formula is C27H32ClNO4S2. The molecule has 0 aliphatic carbocycles. The summed E-state index contributed by atoms with van der Waals surface area (Å²) in [5, 5.41) is 0.426. The van der Waals surface area contributed by atoms with Crippen molar-refractivity contribution in [3.63, 3.8) is 0 Å². The zero-order chi connectivity index (χ0) is 25.4. The maximum atomic E-state index is 12.5. The van der Waals surface area contributed by atoms with Crippen molar-refractivity contribution in [2.75, 3.05) is 26.4 Å². The van der Waals surface area contributed by atoms with Gasteiger partial charge in [-0.25, -0.2) is 0 Å². The monoisotopic (exact) mass is 533 g/mol. The average molecular weight is 534 g/mol. The molecule has 1 unspecified atom stereocenters. The summed E-state index contributed by atoms with van der Waals surface area (Å²) in [6.07, 6.45) is 3.59. The van der Waals surface area contributed by atoms with Gasteiger partial charge < -0.3 is 14.2 Å². The van der Waals surface area contributed by atoms with Crippen molar-refractivity contribution >= 4 is 51.9 Å². The molecule has 1 amide bonds. The Morgan fingerprint density at radius 1 is 1.09 bits per heavy atom. The van der Waals surface area contributed by atoms with E-state index < -0.39 is 0 Å². The number of amides is 1. The predicted octanol–water partition coefficient (Wildman–Crippen LogP) is 7.32. The van der Waals surface area contributed by atoms with Crippen molar-refractivity contribution < 1.29 is 19.0 Å². The number of hydrogen-bond donors (Lipinski definition) is 0. The first-order chi connectivity index (χ1) is 16.9. The van der Waals surface area contributed by atoms with E-state index in [4.69, 9.17) is 38.0 Å². The first-order valence-corrected chi connectivity index (χ1v) is 13.5. The van der Waals surface area contributed by atoms with Crippen LogP contribution in [0.15, 0.2) is 41.3 Å². The molecule has 2 aromatic carbocycles. The average Bonchev–Trinajstić information content (AvgIpc) is 3.12. The molecule has 1 saturated heterocycles. The molecule has 0 radical (unpaired) electrons. The fourth-order valence-corrected chi connectivity index (χ4v) is 5.21. The molecule has 1 aliphatic rings. The molecule has 35 heavy (non-hydrogen) atoms. The van der Waals surface area contributed by atoms with E-state index in [1.54, 1.807) is 17.0 Å². The minimum absolute atomic E-state index is 0.0913. The quantitative estimate of drug-likeness (QED) is 0.162. The molecule has 1 aliphatic heterocycles. The lowest BCUT2D eigenvalue weighted by atomic mass is 9.99. The number of benzene rings is 2. The van der Waals surface area contributed by atoms with Crippen LogP contribution in [0.3, 0.4) is 0 Å². The van der Waals surface area contributed by atoms with Crippen LogP contribution in [0.1, 0.15) is 57.6 Å². The second-order valence-corrected chi connectivity index (χ2v) is 10.2. The van der Waals surface area contributed by atoms with E-state index in [0.29, 0.717) is 64.5 Å². The molecular weight excluding hydrogens is 502 g/mol. The number of carbonyl (C=O) groups is 1. The lowest BCUT2D eigenvalue weighted by Gasteiger charge is -2.15. The Labute approximate surface area is 222 Å². The molecule has 0 spiro atoms. The minimum atomic E-state index is -0.0913. The molecule has 8 heteroatoms. The number of ether oxygens (including phenoxy) is 3. The summed E-state index contributed by atoms with van der Waals surface area (Å²) in [5.74, 6) is 2.34. The van der Waals surface area contributed by atoms with Crippen molar-refractivity contribution in [1.29, 1.82) is 0 Å². The molecule has 0 saturated carbocycles. The predicted molar refractivity (Wildman–Crippen MR) is 149 cm³/mol. The summed E-state index contributed by atoms with van der Waals surface area (Å²) >= 11 is 13.1. The maximum Gasteiger partial charge on any atom is 0.266 e. The maximum absolute atomic E-state index is 12.5. The number of carbonyl (C=O) groups excluding carboxylic acids is 1. The molecule has 1 fully saturated rings. The van der Waals surface area contributed by atoms with Crippen LogP contribution in [0, 0.1) is 0 Å². The molecule has 5 nitrogen and oxygen atoms in total. The highest BCUT2D eigenvalue weighted by atomic mass is 35.5. The normalized spacial score (nSPS) is 15.6. The molecule has 0 N–H and O–H groups in total. The first-order valence-electron chi connectivity index (χ1n) is 11.9. The number of nitrogens with zero attached hydrogens (tertiary/aromatic N) is 1. The van der Waals surface area contributed by atoms with Gasteiger partial charge in [-0.2, -0.15) is 0 Å². The van der Waals surface area contributed by atoms with E-state index in [1.165, 1.54) is 17.3 Å². The van der Waals surface area contributed by atoms with Gasteiger partial charge in [0.05, 0.1) is 29.7 Å². The van der Waals surface area contributed by atoms with Crippen LogP contribution in [0.4, 0.5) is 0 Å². The molecule has 0 aromatic heterocycles. The van der Waals surface area contributed by atoms with E-state index in [-0.39, 0.29) is 5.91 Å². The Balaban J connectivity index is 1.60. The van der Waals surface area contributed by atoms with E-state index in [2.05, 4.69) is 26.0 Å². The summed E-state index contributed by atoms with van der Waals surface area (Å²) in [6, 6.07) is 11.9. The Morgan fingerprint density at radius 2 is 1.80 bits per heavy atom. The Kier molecular flexibility index (Phi) is 10.3. The molecule has 0 bridgehead atoms. The number of thiocarbonyl (C=S) groups is 1. The highest BCUT2D eigenvalue weighted by Crippen LogP contribution is 2.39. The first kappa shape index (κ1) is 27.4. The van der Waals surface area contributed by atoms with E-state index >= 15 is 0 Å². The van der Waals surface area contributed by atoms with Crippen LogP contribution >= 0.6 is 35.6 Å². The minimum Gasteiger partial charge on any atom is -0.493 e. The van der Waals surface area contributed by atoms with Crippen LogP contribution in [-0.2, 0) is 4.79 Å². The second kappa shape index (κ2) is 13.2. The molecule has 188 valence electrons. The van der Waals surface area contributed by atoms with Crippen LogP contribution < -0.4 is 14.2 Å². The lowest BCUT2D eigenvalue weighted by Crippen LogP contribution is -2.27. The number of likely N-dealkylation sites (N-methyl/N-ethyl adjacent to an activating group) is 1. The third-order valence-electron chi connectivity index (χ3n) is 5.68. The number of halogens is 1. The van der Waals surface area contributed by atoms with Gasteiger partial charge in [-0.1, -0.05) is 61.6 Å². The van der Waals surface area contributed by atoms with Gasteiger partial charge in [0.25, 0.3) is 5.91 Å². The third-order valence-corrected chi connectivity index (χ3v) is 7.34. The number of thioether (sulfide) groups is 1. The standard InChI is InChI=1S/C27H32ClNO4S2/c1-5-18(4)20-9-11-21(12-10-20)32-13-8-14-33-25-22(28)15-19(16-23(25)31-7-3)17-24-26(30)29(6-2)27(34)35-24/h9-12,15-18H,5-8,13-14H2,1-4H3/b24-17+. The van der Waals surface area contributed by atoms with E-state index in [1.807, 2.05) is 32.0 Å². The largest absolute Gasteiger partial charge is 0.493 e. The SMILES string of the molecule is CCOc1cc(/C=C2/SC(=S)N(CC)C2=O)cc(Cl)c1OCCCOc1ccc(C(C)CC)cc1. The second-order valence-electron chi connectivity index (χ2n) is 8.12. The van der Waals surface area contributed by atoms with Gasteiger partial charge in [-0.15, -0.1) is 0 Å². The Morgan fingerprint density at radius 3 is 2.43 bits per heavy atom. The van der Waals surface area contributed by atoms with Crippen molar-refractivity contribution in [1.82, 2.24) is 4.90 Å². The van der Waals surface area contributed by atoms with Gasteiger partial charge in [-0.05, 0) is 67.7 Å². The van der Waals surface area contributed by atoms with Crippen molar-refractivity contribution in [3.05, 3.63) is 57.5 Å². The highest BCUT2D eigenvalue weighted by Gasteiger charge is 2.30. The molecule has 1 heterocycles. The summed E-state index contributed by atoms with van der Waals surface area (Å²) < 4.78 is 18.2. The molecule has 3 rings (SSSR count). The van der Waals surface area contributed by atoms with Gasteiger partial charge in [0, 0.05) is 13.0 Å². The lowest BCUT2D eigenvalue weighted by molar-refractivity contribution is -0.121. The van der Waals surface area contributed by atoms with E-state index in [9.17, 15) is 4.79 Å². The zero-order valence-electron chi connectivity index (χ0n) is 20.6. The van der Waals surface area contributed by atoms with Crippen LogP contribution in [-0.4, -0.2) is 41.5 Å². The third kappa shape index (κ3) is 7.15. The van der Waals surface area contributed by atoms with Gasteiger partial charge in [-0.3, -0.25) is 9.69 Å². The van der Waals surface area contributed by atoms with Crippen LogP contribution in [0.25, 0.3) is 6.08 Å². The zero-order valence-corrected chi connectivity index (χ0v) is 23.0. The summed E-state index contributed by atoms with van der Waals surface area (Å²) in [4.78, 5) is 14.7. The number of hydrogen-bond acceptors (Lipinski definition) is 6. The van der Waals surface area contributed by atoms with E-state index in [0.717, 1.165) is 17.7 Å². The van der Waals surface area contributed by atoms with Crippen molar-refractivity contribution in [2.45, 2.75) is 46.5 Å². The highest BCUT2D eigenvalue weighted by molar-refractivity contribution is 8.26. The molecule has 1 atom stereocenters. The smallest absolute Gasteiger partial charge is 0.266 e. The van der Waals surface area contributed by atoms with Crippen molar-refractivity contribution in [2.24, 2.45) is 0 Å². The van der Waals surface area contributed by atoms with Gasteiger partial charge in [0.15, 0.2) is 11.5 Å².